The van der Waals surface area contributed by atoms with Crippen LogP contribution in [0.4, 0.5) is 5.69 Å². The molecule has 0 saturated heterocycles. The van der Waals surface area contributed by atoms with Gasteiger partial charge in [0.05, 0.1) is 11.2 Å². The van der Waals surface area contributed by atoms with E-state index >= 15 is 0 Å². The van der Waals surface area contributed by atoms with E-state index in [0.29, 0.717) is 0 Å². The minimum absolute atomic E-state index is 0.855. The number of aryl methyl sites for hydroxylation is 2. The van der Waals surface area contributed by atoms with Crippen molar-refractivity contribution in [3.05, 3.63) is 65.4 Å². The van der Waals surface area contributed by atoms with Crippen LogP contribution in [-0.4, -0.2) is 4.57 Å². The van der Waals surface area contributed by atoms with Gasteiger partial charge in [-0.1, -0.05) is 30.3 Å². The van der Waals surface area contributed by atoms with Gasteiger partial charge in [-0.15, -0.1) is 0 Å². The van der Waals surface area contributed by atoms with E-state index in [-0.39, 0.29) is 0 Å². The first kappa shape index (κ1) is 11.6. The van der Waals surface area contributed by atoms with Crippen LogP contribution in [0.1, 0.15) is 23.1 Å². The number of hydrogen-bond donors (Lipinski definition) is 1. The summed E-state index contributed by atoms with van der Waals surface area (Å²) in [7, 11) is 0. The molecule has 100 valence electrons. The Labute approximate surface area is 118 Å². The fourth-order valence-corrected chi connectivity index (χ4v) is 3.34. The summed E-state index contributed by atoms with van der Waals surface area (Å²) >= 11 is 0. The quantitative estimate of drug-likeness (QED) is 0.700. The smallest absolute Gasteiger partial charge is 0.0716 e. The number of fused-ring (bicyclic) bond motifs is 2. The molecular formula is C18H18N2. The van der Waals surface area contributed by atoms with E-state index in [1.165, 1.54) is 41.3 Å². The Morgan fingerprint density at radius 3 is 2.85 bits per heavy atom. The zero-order chi connectivity index (χ0) is 13.5. The summed E-state index contributed by atoms with van der Waals surface area (Å²) < 4.78 is 2.25. The molecule has 0 radical (unpaired) electrons. The van der Waals surface area contributed by atoms with E-state index < -0.39 is 0 Å². The number of nitrogen functional groups attached to an aromatic ring is 1. The number of nitrogens with zero attached hydrogens (tertiary/aromatic N) is 1. The summed E-state index contributed by atoms with van der Waals surface area (Å²) in [5.41, 5.74) is 12.6. The molecule has 0 saturated carbocycles. The van der Waals surface area contributed by atoms with Gasteiger partial charge in [0.25, 0.3) is 0 Å². The number of benzene rings is 2. The van der Waals surface area contributed by atoms with Gasteiger partial charge >= 0.3 is 0 Å². The normalized spacial score (nSPS) is 13.8. The molecule has 2 aromatic carbocycles. The number of para-hydroxylation sites is 1. The number of nitrogens with two attached hydrogens (primary N) is 1. The highest BCUT2D eigenvalue weighted by molar-refractivity contribution is 5.90. The first-order valence-corrected chi connectivity index (χ1v) is 7.25. The van der Waals surface area contributed by atoms with Crippen molar-refractivity contribution in [2.45, 2.75) is 25.8 Å². The van der Waals surface area contributed by atoms with Gasteiger partial charge in [-0.3, -0.25) is 0 Å². The third-order valence-electron chi connectivity index (χ3n) is 4.34. The lowest BCUT2D eigenvalue weighted by molar-refractivity contribution is 0.835. The van der Waals surface area contributed by atoms with Crippen LogP contribution in [0.15, 0.2) is 48.7 Å². The third-order valence-corrected chi connectivity index (χ3v) is 4.34. The van der Waals surface area contributed by atoms with Crippen LogP contribution in [0.25, 0.3) is 10.9 Å². The van der Waals surface area contributed by atoms with Crippen LogP contribution in [-0.2, 0) is 19.4 Å². The molecule has 4 rings (SSSR count). The molecule has 1 aromatic heterocycles. The maximum Gasteiger partial charge on any atom is 0.0716 e. The average Bonchev–Trinajstić information content (AvgIpc) is 3.06. The molecule has 0 aliphatic heterocycles. The molecular weight excluding hydrogens is 244 g/mol. The summed E-state index contributed by atoms with van der Waals surface area (Å²) in [5, 5.41) is 1.21. The van der Waals surface area contributed by atoms with Crippen molar-refractivity contribution in [2.24, 2.45) is 0 Å². The summed E-state index contributed by atoms with van der Waals surface area (Å²) in [6.45, 7) is 0.894. The minimum Gasteiger partial charge on any atom is -0.397 e. The van der Waals surface area contributed by atoms with E-state index in [1.54, 1.807) is 0 Å². The second-order valence-corrected chi connectivity index (χ2v) is 5.69. The second kappa shape index (κ2) is 4.41. The van der Waals surface area contributed by atoms with Crippen LogP contribution in [0.3, 0.4) is 0 Å². The highest BCUT2D eigenvalue weighted by atomic mass is 15.0. The zero-order valence-electron chi connectivity index (χ0n) is 11.5. The summed E-state index contributed by atoms with van der Waals surface area (Å²) in [6, 6.07) is 15.2. The minimum atomic E-state index is 0.855. The van der Waals surface area contributed by atoms with Crippen LogP contribution < -0.4 is 5.73 Å². The summed E-state index contributed by atoms with van der Waals surface area (Å²) in [4.78, 5) is 0. The molecule has 0 spiro atoms. The standard InChI is InChI=1S/C18H18N2/c19-17-6-2-4-15-9-10-20(18(15)17)12-13-7-8-14-3-1-5-16(14)11-13/h2,4,6-11H,1,3,5,12,19H2. The first-order valence-electron chi connectivity index (χ1n) is 7.25. The van der Waals surface area contributed by atoms with Crippen molar-refractivity contribution in [2.75, 3.05) is 5.73 Å². The Morgan fingerprint density at radius 1 is 1.00 bits per heavy atom. The fourth-order valence-electron chi connectivity index (χ4n) is 3.34. The second-order valence-electron chi connectivity index (χ2n) is 5.69. The number of aromatic nitrogens is 1. The zero-order valence-corrected chi connectivity index (χ0v) is 11.5. The average molecular weight is 262 g/mol. The SMILES string of the molecule is Nc1cccc2ccn(Cc3ccc4c(c3)CCC4)c12. The third kappa shape index (κ3) is 1.80. The molecule has 0 bridgehead atoms. The lowest BCUT2D eigenvalue weighted by Crippen LogP contribution is -2.01. The fraction of sp³-hybridized carbons (Fsp3) is 0.222. The predicted octanol–water partition coefficient (Wildman–Crippen LogP) is 3.76. The molecule has 2 heteroatoms. The lowest BCUT2D eigenvalue weighted by atomic mass is 10.1. The van der Waals surface area contributed by atoms with Crippen molar-refractivity contribution >= 4 is 16.6 Å². The van der Waals surface area contributed by atoms with Crippen LogP contribution in [0.2, 0.25) is 0 Å². The molecule has 20 heavy (non-hydrogen) atoms. The van der Waals surface area contributed by atoms with Crippen molar-refractivity contribution in [1.29, 1.82) is 0 Å². The number of hydrogen-bond acceptors (Lipinski definition) is 1. The van der Waals surface area contributed by atoms with Gasteiger partial charge in [0.1, 0.15) is 0 Å². The maximum atomic E-state index is 6.12. The van der Waals surface area contributed by atoms with E-state index in [9.17, 15) is 0 Å². The highest BCUT2D eigenvalue weighted by Gasteiger charge is 2.11. The molecule has 0 fully saturated rings. The van der Waals surface area contributed by atoms with Crippen molar-refractivity contribution < 1.29 is 0 Å². The molecule has 1 aliphatic rings. The topological polar surface area (TPSA) is 30.9 Å². The van der Waals surface area contributed by atoms with Crippen LogP contribution in [0.5, 0.6) is 0 Å². The van der Waals surface area contributed by atoms with E-state index in [2.05, 4.69) is 41.1 Å². The van der Waals surface area contributed by atoms with Gasteiger partial charge < -0.3 is 10.3 Å². The van der Waals surface area contributed by atoms with Gasteiger partial charge in [0.2, 0.25) is 0 Å². The molecule has 1 heterocycles. The highest BCUT2D eigenvalue weighted by Crippen LogP contribution is 2.26. The van der Waals surface area contributed by atoms with Crippen molar-refractivity contribution in [1.82, 2.24) is 4.57 Å². The van der Waals surface area contributed by atoms with Crippen LogP contribution in [0, 0.1) is 0 Å². The van der Waals surface area contributed by atoms with Gasteiger partial charge in [0, 0.05) is 18.1 Å². The van der Waals surface area contributed by atoms with E-state index in [0.717, 1.165) is 17.7 Å². The Hall–Kier alpha value is -2.22. The summed E-state index contributed by atoms with van der Waals surface area (Å²) in [5.74, 6) is 0. The lowest BCUT2D eigenvalue weighted by Gasteiger charge is -2.09. The van der Waals surface area contributed by atoms with Gasteiger partial charge in [0.15, 0.2) is 0 Å². The number of rotatable bonds is 2. The molecule has 0 unspecified atom stereocenters. The Morgan fingerprint density at radius 2 is 1.90 bits per heavy atom. The summed E-state index contributed by atoms with van der Waals surface area (Å²) in [6.07, 6.45) is 5.92. The molecule has 0 atom stereocenters. The monoisotopic (exact) mass is 262 g/mol. The predicted molar refractivity (Wildman–Crippen MR) is 83.9 cm³/mol. The molecule has 3 aromatic rings. The molecule has 1 aliphatic carbocycles. The van der Waals surface area contributed by atoms with Crippen molar-refractivity contribution in [3.63, 3.8) is 0 Å². The van der Waals surface area contributed by atoms with Gasteiger partial charge in [-0.2, -0.15) is 0 Å². The Kier molecular flexibility index (Phi) is 2.56. The maximum absolute atomic E-state index is 6.12. The molecule has 2 nitrogen and oxygen atoms in total. The largest absolute Gasteiger partial charge is 0.397 e. The van der Waals surface area contributed by atoms with E-state index in [1.807, 2.05) is 12.1 Å². The van der Waals surface area contributed by atoms with Gasteiger partial charge in [-0.05, 0) is 48.1 Å². The Balaban J connectivity index is 1.74. The molecule has 2 N–H and O–H groups in total. The van der Waals surface area contributed by atoms with Crippen LogP contribution >= 0.6 is 0 Å². The van der Waals surface area contributed by atoms with Crippen molar-refractivity contribution in [3.8, 4) is 0 Å². The van der Waals surface area contributed by atoms with Gasteiger partial charge in [-0.25, -0.2) is 0 Å². The molecule has 0 amide bonds. The first-order chi connectivity index (χ1) is 9.81. The number of anilines is 1. The van der Waals surface area contributed by atoms with E-state index in [4.69, 9.17) is 5.73 Å². The Bertz CT molecular complexity index is 783.